The third-order valence-corrected chi connectivity index (χ3v) is 5.44. The van der Waals surface area contributed by atoms with Crippen LogP contribution in [0.3, 0.4) is 0 Å². The first-order valence-corrected chi connectivity index (χ1v) is 9.83. The second kappa shape index (κ2) is 9.37. The molecule has 2 aromatic rings. The molecule has 1 aromatic carbocycles. The number of aliphatic hydroxyl groups excluding tert-OH is 1. The van der Waals surface area contributed by atoms with E-state index in [1.807, 2.05) is 6.07 Å². The average Bonchev–Trinajstić information content (AvgIpc) is 3.18. The molecule has 4 N–H and O–H groups in total. The fourth-order valence-electron chi connectivity index (χ4n) is 3.88. The van der Waals surface area contributed by atoms with Gasteiger partial charge >= 0.3 is 0 Å². The van der Waals surface area contributed by atoms with Gasteiger partial charge < -0.3 is 31.0 Å². The molecule has 0 aliphatic carbocycles. The maximum atomic E-state index is 14.1. The first-order valence-electron chi connectivity index (χ1n) is 9.83. The average molecular weight is 465 g/mol. The Morgan fingerprint density at radius 2 is 2.03 bits per heavy atom. The number of aromatic nitrogens is 2. The summed E-state index contributed by atoms with van der Waals surface area (Å²) >= 11 is 0. The van der Waals surface area contributed by atoms with Crippen molar-refractivity contribution in [3.63, 3.8) is 0 Å². The van der Waals surface area contributed by atoms with Crippen LogP contribution in [0.15, 0.2) is 30.5 Å². The van der Waals surface area contributed by atoms with Crippen molar-refractivity contribution in [1.29, 1.82) is 5.26 Å². The number of nitrogens with two attached hydrogens (primary N) is 1. The maximum Gasteiger partial charge on any atom is 0.272 e. The number of aliphatic hydroxyl groups is 1. The van der Waals surface area contributed by atoms with Crippen LogP contribution in [-0.4, -0.2) is 56.9 Å². The fourth-order valence-corrected chi connectivity index (χ4v) is 3.88. The highest BCUT2D eigenvalue weighted by molar-refractivity contribution is 5.98. The van der Waals surface area contributed by atoms with Crippen molar-refractivity contribution in [2.45, 2.75) is 30.8 Å². The van der Waals surface area contributed by atoms with Crippen LogP contribution in [0.1, 0.15) is 29.2 Å². The molecule has 1 fully saturated rings. The van der Waals surface area contributed by atoms with Crippen LogP contribution in [0.4, 0.5) is 29.5 Å². The zero-order valence-electron chi connectivity index (χ0n) is 17.1. The number of piperidine rings is 1. The maximum absolute atomic E-state index is 14.1. The SMILES string of the molecule is N#C[C@@H]1CCN(C(=O)[O-])C(CC(F)(F)CO)[C@H]1n1cc(C(N)=O)c(Nc2ccc(F)cc2)n1. The van der Waals surface area contributed by atoms with Crippen LogP contribution in [-0.2, 0) is 0 Å². The molecule has 0 spiro atoms. The summed E-state index contributed by atoms with van der Waals surface area (Å²) in [5.74, 6) is -6.12. The Morgan fingerprint density at radius 1 is 1.36 bits per heavy atom. The summed E-state index contributed by atoms with van der Waals surface area (Å²) in [6, 6.07) is 4.28. The summed E-state index contributed by atoms with van der Waals surface area (Å²) in [4.78, 5) is 24.3. The molecule has 1 unspecified atom stereocenters. The lowest BCUT2D eigenvalue weighted by Crippen LogP contribution is -2.57. The Morgan fingerprint density at radius 3 is 2.58 bits per heavy atom. The number of carboxylic acid groups (broad SMARTS) is 1. The Hall–Kier alpha value is -3.79. The largest absolute Gasteiger partial charge is 0.530 e. The molecule has 1 saturated heterocycles. The van der Waals surface area contributed by atoms with Crippen molar-refractivity contribution >= 4 is 23.5 Å². The second-order valence-electron chi connectivity index (χ2n) is 7.63. The lowest BCUT2D eigenvalue weighted by molar-refractivity contribution is -0.272. The van der Waals surface area contributed by atoms with Crippen LogP contribution in [0.5, 0.6) is 0 Å². The first kappa shape index (κ1) is 23.9. The molecule has 13 heteroatoms. The van der Waals surface area contributed by atoms with Gasteiger partial charge in [-0.15, -0.1) is 0 Å². The molecule has 0 saturated carbocycles. The van der Waals surface area contributed by atoms with Crippen molar-refractivity contribution in [1.82, 2.24) is 14.7 Å². The van der Waals surface area contributed by atoms with Gasteiger partial charge in [-0.25, -0.2) is 13.2 Å². The number of alkyl halides is 2. The first-order chi connectivity index (χ1) is 15.6. The number of carbonyl (C=O) groups excluding carboxylic acids is 2. The zero-order valence-corrected chi connectivity index (χ0v) is 17.1. The second-order valence-corrected chi connectivity index (χ2v) is 7.63. The number of rotatable bonds is 7. The molecule has 0 radical (unpaired) electrons. The van der Waals surface area contributed by atoms with Gasteiger partial charge in [0.05, 0.1) is 24.1 Å². The van der Waals surface area contributed by atoms with E-state index in [4.69, 9.17) is 10.8 Å². The van der Waals surface area contributed by atoms with E-state index in [0.29, 0.717) is 10.6 Å². The van der Waals surface area contributed by atoms with Gasteiger partial charge in [-0.2, -0.15) is 10.4 Å². The van der Waals surface area contributed by atoms with E-state index in [1.54, 1.807) is 0 Å². The van der Waals surface area contributed by atoms with Crippen molar-refractivity contribution in [3.8, 4) is 6.07 Å². The molecular weight excluding hydrogens is 445 g/mol. The minimum absolute atomic E-state index is 0.00281. The van der Waals surface area contributed by atoms with Gasteiger partial charge in [0.25, 0.3) is 11.8 Å². The summed E-state index contributed by atoms with van der Waals surface area (Å²) < 4.78 is 42.4. The number of primary amides is 1. The van der Waals surface area contributed by atoms with Gasteiger partial charge in [-0.3, -0.25) is 9.48 Å². The summed E-state index contributed by atoms with van der Waals surface area (Å²) in [7, 11) is 0. The van der Waals surface area contributed by atoms with E-state index in [9.17, 15) is 33.1 Å². The molecule has 2 amide bonds. The summed E-state index contributed by atoms with van der Waals surface area (Å²) in [5, 5.41) is 37.2. The van der Waals surface area contributed by atoms with Gasteiger partial charge in [0.15, 0.2) is 5.82 Å². The van der Waals surface area contributed by atoms with Crippen LogP contribution in [0.2, 0.25) is 0 Å². The standard InChI is InChI=1S/C20H21F3N6O4/c21-12-1-3-13(4-2-12)26-18-14(17(25)31)9-29(27-18)16-11(8-24)5-6-28(19(32)33)15(16)7-20(22,23)10-30/h1-4,9,11,15-16,30H,5-7,10H2,(H2,25,31)(H,26,27)(H,32,33)/p-1/t11-,15?,16-/m0/s1. The number of benzene rings is 1. The number of halogens is 3. The molecule has 1 aliphatic rings. The van der Waals surface area contributed by atoms with Gasteiger partial charge in [-0.05, 0) is 30.7 Å². The number of nitrogens with zero attached hydrogens (tertiary/aromatic N) is 4. The lowest BCUT2D eigenvalue weighted by Gasteiger charge is -2.45. The van der Waals surface area contributed by atoms with Gasteiger partial charge in [0.2, 0.25) is 0 Å². The van der Waals surface area contributed by atoms with Gasteiger partial charge in [0, 0.05) is 24.8 Å². The van der Waals surface area contributed by atoms with Gasteiger partial charge in [0.1, 0.15) is 24.1 Å². The Bertz CT molecular complexity index is 1070. The van der Waals surface area contributed by atoms with Crippen molar-refractivity contribution in [2.75, 3.05) is 18.5 Å². The van der Waals surface area contributed by atoms with E-state index in [2.05, 4.69) is 10.4 Å². The molecule has 3 atom stereocenters. The topological polar surface area (TPSA) is 160 Å². The number of amides is 2. The van der Waals surface area contributed by atoms with Crippen LogP contribution >= 0.6 is 0 Å². The van der Waals surface area contributed by atoms with Crippen molar-refractivity contribution < 1.29 is 33.0 Å². The Labute approximate surface area is 186 Å². The number of nitrogens with one attached hydrogen (secondary N) is 1. The van der Waals surface area contributed by atoms with Crippen LogP contribution in [0, 0.1) is 23.1 Å². The highest BCUT2D eigenvalue weighted by Crippen LogP contribution is 2.39. The molecule has 2 heterocycles. The highest BCUT2D eigenvalue weighted by atomic mass is 19.3. The predicted molar refractivity (Wildman–Crippen MR) is 106 cm³/mol. The Balaban J connectivity index is 2.07. The minimum atomic E-state index is -3.65. The summed E-state index contributed by atoms with van der Waals surface area (Å²) in [6.07, 6.45) is -1.69. The quantitative estimate of drug-likeness (QED) is 0.549. The third kappa shape index (κ3) is 5.17. The number of hydrogen-bond donors (Lipinski definition) is 3. The molecule has 3 rings (SSSR count). The molecule has 10 nitrogen and oxygen atoms in total. The monoisotopic (exact) mass is 465 g/mol. The third-order valence-electron chi connectivity index (χ3n) is 5.44. The molecular formula is C20H20F3N6O4-. The minimum Gasteiger partial charge on any atom is -0.530 e. The number of likely N-dealkylation sites (tertiary alicyclic amines) is 1. The molecule has 0 bridgehead atoms. The predicted octanol–water partition coefficient (Wildman–Crippen LogP) is 0.981. The molecule has 176 valence electrons. The molecule has 33 heavy (non-hydrogen) atoms. The number of carbonyl (C=O) groups is 2. The fraction of sp³-hybridized carbons (Fsp3) is 0.400. The summed E-state index contributed by atoms with van der Waals surface area (Å²) in [5.41, 5.74) is 5.59. The van der Waals surface area contributed by atoms with E-state index in [-0.39, 0.29) is 24.3 Å². The van der Waals surface area contributed by atoms with E-state index >= 15 is 0 Å². The number of anilines is 2. The summed E-state index contributed by atoms with van der Waals surface area (Å²) in [6.45, 7) is -1.76. The van der Waals surface area contributed by atoms with E-state index in [1.165, 1.54) is 12.1 Å². The van der Waals surface area contributed by atoms with Crippen LogP contribution in [0.25, 0.3) is 0 Å². The number of hydrogen-bond acceptors (Lipinski definition) is 7. The van der Waals surface area contributed by atoms with Crippen LogP contribution < -0.4 is 16.2 Å². The highest BCUT2D eigenvalue weighted by Gasteiger charge is 2.46. The number of nitriles is 1. The molecule has 1 aliphatic heterocycles. The van der Waals surface area contributed by atoms with Gasteiger partial charge in [-0.1, -0.05) is 0 Å². The van der Waals surface area contributed by atoms with E-state index < -0.39 is 54.8 Å². The smallest absolute Gasteiger partial charge is 0.272 e. The lowest BCUT2D eigenvalue weighted by atomic mass is 9.83. The van der Waals surface area contributed by atoms with Crippen molar-refractivity contribution in [3.05, 3.63) is 41.8 Å². The Kier molecular flexibility index (Phi) is 6.78. The zero-order chi connectivity index (χ0) is 24.3. The molecule has 1 aromatic heterocycles. The normalized spacial score (nSPS) is 20.8. The van der Waals surface area contributed by atoms with Crippen molar-refractivity contribution in [2.24, 2.45) is 11.7 Å². The van der Waals surface area contributed by atoms with E-state index in [0.717, 1.165) is 23.0 Å².